The van der Waals surface area contributed by atoms with Gasteiger partial charge in [0.25, 0.3) is 10.0 Å². The number of nitrogens with zero attached hydrogens (tertiary/aromatic N) is 1. The Balaban J connectivity index is 1.71. The summed E-state index contributed by atoms with van der Waals surface area (Å²) in [7, 11) is -3.75. The maximum atomic E-state index is 12.9. The van der Waals surface area contributed by atoms with E-state index in [2.05, 4.69) is 4.72 Å². The zero-order valence-corrected chi connectivity index (χ0v) is 15.3. The van der Waals surface area contributed by atoms with Gasteiger partial charge in [0.2, 0.25) is 5.91 Å². The summed E-state index contributed by atoms with van der Waals surface area (Å²) < 4.78 is 34.0. The van der Waals surface area contributed by atoms with Crippen molar-refractivity contribution in [2.75, 3.05) is 22.8 Å². The average Bonchev–Trinajstić information content (AvgIpc) is 3.05. The Kier molecular flexibility index (Phi) is 4.11. The Bertz CT molecular complexity index is 985. The minimum Gasteiger partial charge on any atom is -0.492 e. The lowest BCUT2D eigenvalue weighted by atomic mass is 10.00. The SMILES string of the molecule is CCOc1ccccc1NS(=O)(=O)c1cc2c3c(c1)CCN3C(=O)CC2. The van der Waals surface area contributed by atoms with Crippen LogP contribution in [0, 0.1) is 0 Å². The van der Waals surface area contributed by atoms with E-state index in [4.69, 9.17) is 4.74 Å². The van der Waals surface area contributed by atoms with Gasteiger partial charge < -0.3 is 9.64 Å². The fourth-order valence-corrected chi connectivity index (χ4v) is 4.79. The first-order valence-corrected chi connectivity index (χ1v) is 10.2. The molecule has 0 aliphatic carbocycles. The van der Waals surface area contributed by atoms with Crippen molar-refractivity contribution < 1.29 is 17.9 Å². The van der Waals surface area contributed by atoms with Crippen LogP contribution in [0.4, 0.5) is 11.4 Å². The standard InChI is InChI=1S/C19H20N2O4S/c1-2-25-17-6-4-3-5-16(17)20-26(23,24)15-11-13-7-8-18(22)21-10-9-14(12-15)19(13)21/h3-6,11-12,20H,2,7-10H2,1H3. The van der Waals surface area contributed by atoms with Gasteiger partial charge in [-0.1, -0.05) is 12.1 Å². The number of rotatable bonds is 5. The van der Waals surface area contributed by atoms with Crippen LogP contribution in [0.2, 0.25) is 0 Å². The highest BCUT2D eigenvalue weighted by Gasteiger charge is 2.33. The summed E-state index contributed by atoms with van der Waals surface area (Å²) in [6.07, 6.45) is 1.69. The van der Waals surface area contributed by atoms with Gasteiger partial charge in [-0.15, -0.1) is 0 Å². The molecule has 1 amide bonds. The minimum atomic E-state index is -3.75. The Hall–Kier alpha value is -2.54. The summed E-state index contributed by atoms with van der Waals surface area (Å²) in [5, 5.41) is 0. The second kappa shape index (κ2) is 6.32. The van der Waals surface area contributed by atoms with Crippen LogP contribution in [0.5, 0.6) is 5.75 Å². The van der Waals surface area contributed by atoms with Crippen molar-refractivity contribution in [3.8, 4) is 5.75 Å². The quantitative estimate of drug-likeness (QED) is 0.876. The first kappa shape index (κ1) is 16.9. The average molecular weight is 372 g/mol. The van der Waals surface area contributed by atoms with E-state index in [-0.39, 0.29) is 10.8 Å². The van der Waals surface area contributed by atoms with E-state index >= 15 is 0 Å². The van der Waals surface area contributed by atoms with Crippen molar-refractivity contribution in [2.24, 2.45) is 0 Å². The van der Waals surface area contributed by atoms with E-state index in [9.17, 15) is 13.2 Å². The van der Waals surface area contributed by atoms with Crippen molar-refractivity contribution in [2.45, 2.75) is 31.1 Å². The summed E-state index contributed by atoms with van der Waals surface area (Å²) in [5.74, 6) is 0.619. The smallest absolute Gasteiger partial charge is 0.262 e. The zero-order valence-electron chi connectivity index (χ0n) is 14.5. The molecule has 0 fully saturated rings. The number of anilines is 2. The topological polar surface area (TPSA) is 75.7 Å². The van der Waals surface area contributed by atoms with Crippen molar-refractivity contribution >= 4 is 27.3 Å². The Labute approximate surface area is 152 Å². The van der Waals surface area contributed by atoms with Gasteiger partial charge in [-0.05, 0) is 55.2 Å². The molecule has 2 aromatic carbocycles. The number of carbonyl (C=O) groups is 1. The molecule has 2 aliphatic rings. The largest absolute Gasteiger partial charge is 0.492 e. The second-order valence-electron chi connectivity index (χ2n) is 6.42. The molecule has 0 bridgehead atoms. The molecule has 0 unspecified atom stereocenters. The number of amides is 1. The lowest BCUT2D eigenvalue weighted by Gasteiger charge is -2.25. The number of benzene rings is 2. The van der Waals surface area contributed by atoms with Crippen LogP contribution < -0.4 is 14.4 Å². The van der Waals surface area contributed by atoms with E-state index in [1.807, 2.05) is 6.92 Å². The first-order valence-electron chi connectivity index (χ1n) is 8.70. The zero-order chi connectivity index (χ0) is 18.3. The van der Waals surface area contributed by atoms with Crippen LogP contribution in [0.1, 0.15) is 24.5 Å². The lowest BCUT2D eigenvalue weighted by molar-refractivity contribution is -0.118. The monoisotopic (exact) mass is 372 g/mol. The molecule has 2 aliphatic heterocycles. The van der Waals surface area contributed by atoms with Gasteiger partial charge >= 0.3 is 0 Å². The highest BCUT2D eigenvalue weighted by molar-refractivity contribution is 7.92. The fraction of sp³-hybridized carbons (Fsp3) is 0.316. The lowest BCUT2D eigenvalue weighted by Crippen LogP contribution is -2.33. The summed E-state index contributed by atoms with van der Waals surface area (Å²) in [6.45, 7) is 2.93. The number of sulfonamides is 1. The van der Waals surface area contributed by atoms with E-state index in [1.54, 1.807) is 41.3 Å². The molecule has 6 nitrogen and oxygen atoms in total. The van der Waals surface area contributed by atoms with E-state index < -0.39 is 10.0 Å². The molecule has 0 saturated heterocycles. The van der Waals surface area contributed by atoms with Gasteiger partial charge in [-0.2, -0.15) is 0 Å². The van der Waals surface area contributed by atoms with Crippen LogP contribution in [-0.2, 0) is 27.7 Å². The van der Waals surface area contributed by atoms with Gasteiger partial charge in [-0.3, -0.25) is 9.52 Å². The highest BCUT2D eigenvalue weighted by Crippen LogP contribution is 2.39. The molecule has 26 heavy (non-hydrogen) atoms. The predicted octanol–water partition coefficient (Wildman–Crippen LogP) is 2.72. The maximum absolute atomic E-state index is 12.9. The van der Waals surface area contributed by atoms with Crippen molar-refractivity contribution in [3.63, 3.8) is 0 Å². The number of hydrogen-bond acceptors (Lipinski definition) is 4. The predicted molar refractivity (Wildman–Crippen MR) is 99.2 cm³/mol. The van der Waals surface area contributed by atoms with Crippen LogP contribution in [0.3, 0.4) is 0 Å². The molecule has 4 rings (SSSR count). The number of nitrogens with one attached hydrogen (secondary N) is 1. The first-order chi connectivity index (χ1) is 12.5. The molecule has 0 spiro atoms. The van der Waals surface area contributed by atoms with Gasteiger partial charge in [0.1, 0.15) is 5.75 Å². The van der Waals surface area contributed by atoms with Gasteiger partial charge in [0.05, 0.1) is 22.9 Å². The molecule has 2 aromatic rings. The highest BCUT2D eigenvalue weighted by atomic mass is 32.2. The number of carbonyl (C=O) groups excluding carboxylic acids is 1. The third kappa shape index (κ3) is 2.82. The third-order valence-electron chi connectivity index (χ3n) is 4.77. The van der Waals surface area contributed by atoms with Crippen LogP contribution in [0.15, 0.2) is 41.3 Å². The van der Waals surface area contributed by atoms with Crippen molar-refractivity contribution in [1.82, 2.24) is 0 Å². The number of para-hydroxylation sites is 2. The van der Waals surface area contributed by atoms with Gasteiger partial charge in [0.15, 0.2) is 0 Å². The molecular weight excluding hydrogens is 352 g/mol. The third-order valence-corrected chi connectivity index (χ3v) is 6.11. The summed E-state index contributed by atoms with van der Waals surface area (Å²) in [5.41, 5.74) is 3.18. The molecule has 7 heteroatoms. The molecule has 0 aromatic heterocycles. The number of ether oxygens (including phenoxy) is 1. The van der Waals surface area contributed by atoms with Crippen LogP contribution in [-0.4, -0.2) is 27.5 Å². The maximum Gasteiger partial charge on any atom is 0.262 e. The fourth-order valence-electron chi connectivity index (χ4n) is 3.62. The molecular formula is C19H20N2O4S. The molecule has 0 radical (unpaired) electrons. The van der Waals surface area contributed by atoms with Crippen LogP contribution in [0.25, 0.3) is 0 Å². The van der Waals surface area contributed by atoms with Crippen molar-refractivity contribution in [1.29, 1.82) is 0 Å². The summed E-state index contributed by atoms with van der Waals surface area (Å²) in [6, 6.07) is 10.3. The Morgan fingerprint density at radius 2 is 1.85 bits per heavy atom. The van der Waals surface area contributed by atoms with Gasteiger partial charge in [-0.25, -0.2) is 8.42 Å². The minimum absolute atomic E-state index is 0.121. The molecule has 2 heterocycles. The molecule has 0 atom stereocenters. The molecule has 136 valence electrons. The second-order valence-corrected chi connectivity index (χ2v) is 8.10. The summed E-state index contributed by atoms with van der Waals surface area (Å²) >= 11 is 0. The van der Waals surface area contributed by atoms with E-state index in [1.165, 1.54) is 0 Å². The number of aryl methyl sites for hydroxylation is 1. The summed E-state index contributed by atoms with van der Waals surface area (Å²) in [4.78, 5) is 14.0. The van der Waals surface area contributed by atoms with Crippen molar-refractivity contribution in [3.05, 3.63) is 47.5 Å². The Morgan fingerprint density at radius 1 is 1.12 bits per heavy atom. The van der Waals surface area contributed by atoms with E-state index in [0.29, 0.717) is 43.9 Å². The normalized spacial score (nSPS) is 15.7. The Morgan fingerprint density at radius 3 is 2.62 bits per heavy atom. The van der Waals surface area contributed by atoms with Gasteiger partial charge in [0, 0.05) is 13.0 Å². The molecule has 0 saturated carbocycles. The number of hydrogen-bond donors (Lipinski definition) is 1. The van der Waals surface area contributed by atoms with Crippen LogP contribution >= 0.6 is 0 Å². The van der Waals surface area contributed by atoms with E-state index in [0.717, 1.165) is 16.8 Å². The molecule has 1 N–H and O–H groups in total.